The molecule has 0 aliphatic heterocycles. The van der Waals surface area contributed by atoms with Gasteiger partial charge in [-0.3, -0.25) is 19.3 Å². The maximum atomic E-state index is 13.9. The maximum absolute atomic E-state index is 13.9. The number of nitrogens with one attached hydrogen (secondary N) is 2. The van der Waals surface area contributed by atoms with Gasteiger partial charge in [-0.1, -0.05) is 41.6 Å². The molecule has 0 aliphatic rings. The zero-order chi connectivity index (χ0) is 20.4. The molecule has 29 heavy (non-hydrogen) atoms. The molecule has 2 heterocycles. The summed E-state index contributed by atoms with van der Waals surface area (Å²) in [5.74, 6) is -1.16. The second-order valence-electron chi connectivity index (χ2n) is 5.96. The summed E-state index contributed by atoms with van der Waals surface area (Å²) < 4.78 is 15.3. The van der Waals surface area contributed by atoms with Gasteiger partial charge in [0.25, 0.3) is 5.56 Å². The van der Waals surface area contributed by atoms with Gasteiger partial charge in [-0.05, 0) is 30.3 Å². The molecule has 0 atom stereocenters. The summed E-state index contributed by atoms with van der Waals surface area (Å²) in [4.78, 5) is 29.6. The van der Waals surface area contributed by atoms with E-state index in [0.717, 1.165) is 17.8 Å². The molecule has 0 aliphatic carbocycles. The van der Waals surface area contributed by atoms with Crippen molar-refractivity contribution in [1.29, 1.82) is 0 Å². The topological polar surface area (TPSA) is 92.7 Å². The fourth-order valence-electron chi connectivity index (χ4n) is 2.68. The van der Waals surface area contributed by atoms with E-state index in [2.05, 4.69) is 20.5 Å². The number of benzene rings is 2. The molecule has 10 heteroatoms. The molecular formula is C19H13ClFN5O2S. The Morgan fingerprint density at radius 3 is 2.79 bits per heavy atom. The number of rotatable bonds is 5. The van der Waals surface area contributed by atoms with Crippen molar-refractivity contribution in [1.82, 2.24) is 19.7 Å². The minimum atomic E-state index is -0.631. The lowest BCUT2D eigenvalue weighted by molar-refractivity contribution is -0.113. The molecule has 146 valence electrons. The summed E-state index contributed by atoms with van der Waals surface area (Å²) in [6.07, 6.45) is 1.41. The lowest BCUT2D eigenvalue weighted by Crippen LogP contribution is -2.22. The quantitative estimate of drug-likeness (QED) is 0.373. The van der Waals surface area contributed by atoms with Crippen LogP contribution in [0.4, 0.5) is 10.1 Å². The highest BCUT2D eigenvalue weighted by molar-refractivity contribution is 7.99. The number of anilines is 1. The highest BCUT2D eigenvalue weighted by Gasteiger charge is 2.16. The van der Waals surface area contributed by atoms with Crippen LogP contribution in [0.25, 0.3) is 16.7 Å². The Morgan fingerprint density at radius 2 is 2.03 bits per heavy atom. The lowest BCUT2D eigenvalue weighted by Gasteiger charge is -2.12. The molecule has 2 N–H and O–H groups in total. The van der Waals surface area contributed by atoms with Gasteiger partial charge in [0, 0.05) is 5.02 Å². The number of halogens is 2. The molecule has 0 saturated heterocycles. The van der Waals surface area contributed by atoms with Crippen LogP contribution in [0, 0.1) is 5.82 Å². The maximum Gasteiger partial charge on any atom is 0.269 e. The molecule has 2 aromatic heterocycles. The summed E-state index contributed by atoms with van der Waals surface area (Å²) in [6.45, 7) is 0. The molecule has 0 unspecified atom stereocenters. The Bertz CT molecular complexity index is 1260. The molecular weight excluding hydrogens is 417 g/mol. The number of H-pyrrole nitrogens is 1. The average molecular weight is 430 g/mol. The normalized spacial score (nSPS) is 11.0. The van der Waals surface area contributed by atoms with Gasteiger partial charge in [0.15, 0.2) is 10.8 Å². The third kappa shape index (κ3) is 4.01. The Kier molecular flexibility index (Phi) is 5.32. The summed E-state index contributed by atoms with van der Waals surface area (Å²) in [7, 11) is 0. The molecule has 0 saturated carbocycles. The second kappa shape index (κ2) is 8.06. The van der Waals surface area contributed by atoms with Crippen molar-refractivity contribution < 1.29 is 9.18 Å². The summed E-state index contributed by atoms with van der Waals surface area (Å²) >= 11 is 6.77. The molecule has 0 bridgehead atoms. The van der Waals surface area contributed by atoms with E-state index in [9.17, 15) is 14.0 Å². The van der Waals surface area contributed by atoms with Crippen molar-refractivity contribution in [2.45, 2.75) is 5.16 Å². The SMILES string of the molecule is O=C(CSc1nc2[nH]ncc2c(=O)n1-c1ccccc1)Nc1ccc(Cl)cc1F. The number of para-hydroxylation sites is 1. The van der Waals surface area contributed by atoms with Crippen molar-refractivity contribution in [2.75, 3.05) is 11.1 Å². The molecule has 4 rings (SSSR count). The molecule has 7 nitrogen and oxygen atoms in total. The van der Waals surface area contributed by atoms with E-state index in [0.29, 0.717) is 21.9 Å². The van der Waals surface area contributed by atoms with Crippen molar-refractivity contribution in [3.63, 3.8) is 0 Å². The fraction of sp³-hybridized carbons (Fsp3) is 0.0526. The minimum absolute atomic E-state index is 0.0254. The van der Waals surface area contributed by atoms with Crippen molar-refractivity contribution in [3.8, 4) is 5.69 Å². The molecule has 2 aromatic carbocycles. The van der Waals surface area contributed by atoms with E-state index >= 15 is 0 Å². The molecule has 0 radical (unpaired) electrons. The van der Waals surface area contributed by atoms with Crippen molar-refractivity contribution >= 4 is 46.0 Å². The number of hydrogen-bond acceptors (Lipinski definition) is 5. The third-order valence-corrected chi connectivity index (χ3v) is 5.18. The van der Waals surface area contributed by atoms with Crippen molar-refractivity contribution in [2.24, 2.45) is 0 Å². The third-order valence-electron chi connectivity index (χ3n) is 4.00. The first-order valence-electron chi connectivity index (χ1n) is 8.42. The Hall–Kier alpha value is -3.17. The standard InChI is InChI=1S/C19H13ClFN5O2S/c20-11-6-7-15(14(21)8-11)23-16(27)10-29-19-24-17-13(9-22-25-17)18(28)26(19)12-4-2-1-3-5-12/h1-9H,10H2,(H,22,25)(H,23,27). The number of carbonyl (C=O) groups is 1. The van der Waals surface area contributed by atoms with Crippen LogP contribution in [0.5, 0.6) is 0 Å². The van der Waals surface area contributed by atoms with E-state index in [4.69, 9.17) is 11.6 Å². The summed E-state index contributed by atoms with van der Waals surface area (Å²) in [6, 6.07) is 12.9. The van der Waals surface area contributed by atoms with Gasteiger partial charge in [-0.15, -0.1) is 0 Å². The number of hydrogen-bond donors (Lipinski definition) is 2. The average Bonchev–Trinajstić information content (AvgIpc) is 3.18. The van der Waals surface area contributed by atoms with E-state index in [-0.39, 0.29) is 22.0 Å². The van der Waals surface area contributed by atoms with Gasteiger partial charge in [0.2, 0.25) is 5.91 Å². The highest BCUT2D eigenvalue weighted by Crippen LogP contribution is 2.22. The van der Waals surface area contributed by atoms with Gasteiger partial charge >= 0.3 is 0 Å². The number of carbonyl (C=O) groups excluding carboxylic acids is 1. The zero-order valence-electron chi connectivity index (χ0n) is 14.7. The van der Waals surface area contributed by atoms with E-state index in [1.165, 1.54) is 22.9 Å². The number of fused-ring (bicyclic) bond motifs is 1. The van der Waals surface area contributed by atoms with Crippen LogP contribution >= 0.6 is 23.4 Å². The molecule has 0 spiro atoms. The van der Waals surface area contributed by atoms with Crippen LogP contribution in [0.1, 0.15) is 0 Å². The molecule has 4 aromatic rings. The summed E-state index contributed by atoms with van der Waals surface area (Å²) in [5.41, 5.74) is 0.660. The Morgan fingerprint density at radius 1 is 1.24 bits per heavy atom. The number of thioether (sulfide) groups is 1. The Labute approximate surface area is 172 Å². The van der Waals surface area contributed by atoms with Gasteiger partial charge in [0.05, 0.1) is 23.3 Å². The lowest BCUT2D eigenvalue weighted by atomic mass is 10.3. The second-order valence-corrected chi connectivity index (χ2v) is 7.34. The summed E-state index contributed by atoms with van der Waals surface area (Å²) in [5, 5.41) is 9.90. The zero-order valence-corrected chi connectivity index (χ0v) is 16.3. The van der Waals surface area contributed by atoms with Gasteiger partial charge in [-0.25, -0.2) is 9.37 Å². The monoisotopic (exact) mass is 429 g/mol. The fourth-order valence-corrected chi connectivity index (χ4v) is 3.65. The van der Waals surface area contributed by atoms with E-state index in [1.54, 1.807) is 24.3 Å². The predicted molar refractivity (Wildman–Crippen MR) is 110 cm³/mol. The minimum Gasteiger partial charge on any atom is -0.323 e. The van der Waals surface area contributed by atoms with Gasteiger partial charge in [-0.2, -0.15) is 5.10 Å². The van der Waals surface area contributed by atoms with Crippen LogP contribution in [0.2, 0.25) is 5.02 Å². The van der Waals surface area contributed by atoms with E-state index in [1.807, 2.05) is 6.07 Å². The van der Waals surface area contributed by atoms with E-state index < -0.39 is 11.7 Å². The largest absolute Gasteiger partial charge is 0.323 e. The smallest absolute Gasteiger partial charge is 0.269 e. The number of nitrogens with zero attached hydrogens (tertiary/aromatic N) is 3. The number of aromatic amines is 1. The van der Waals surface area contributed by atoms with Crippen LogP contribution in [-0.4, -0.2) is 31.4 Å². The molecule has 0 fully saturated rings. The van der Waals surface area contributed by atoms with Gasteiger partial charge in [0.1, 0.15) is 11.2 Å². The highest BCUT2D eigenvalue weighted by atomic mass is 35.5. The Balaban J connectivity index is 1.62. The first-order valence-corrected chi connectivity index (χ1v) is 9.78. The van der Waals surface area contributed by atoms with Crippen LogP contribution in [0.15, 0.2) is 64.7 Å². The predicted octanol–water partition coefficient (Wildman–Crippen LogP) is 3.63. The number of amides is 1. The van der Waals surface area contributed by atoms with Crippen LogP contribution < -0.4 is 10.9 Å². The first kappa shape index (κ1) is 19.2. The molecule has 1 amide bonds. The van der Waals surface area contributed by atoms with Crippen LogP contribution in [-0.2, 0) is 4.79 Å². The number of aromatic nitrogens is 4. The first-order chi connectivity index (χ1) is 14.0. The van der Waals surface area contributed by atoms with Crippen molar-refractivity contribution in [3.05, 3.63) is 75.9 Å². The van der Waals surface area contributed by atoms with Gasteiger partial charge < -0.3 is 5.32 Å². The van der Waals surface area contributed by atoms with Crippen LogP contribution in [0.3, 0.4) is 0 Å².